The van der Waals surface area contributed by atoms with E-state index in [-0.39, 0.29) is 6.04 Å². The molecule has 2 aromatic heterocycles. The van der Waals surface area contributed by atoms with Crippen LogP contribution in [0.15, 0.2) is 30.9 Å². The standard InChI is InChI=1S/C13H17N3S/c1-3-11-5-6-12(17-11)13(16-4-2)10-7-14-9-15-8-10/h5-9,13,16H,3-4H2,1-2H3. The molecule has 0 aromatic carbocycles. The zero-order valence-electron chi connectivity index (χ0n) is 10.2. The van der Waals surface area contributed by atoms with Crippen molar-refractivity contribution >= 4 is 11.3 Å². The molecular formula is C13H17N3S. The van der Waals surface area contributed by atoms with Crippen molar-refractivity contribution in [2.45, 2.75) is 26.3 Å². The molecule has 0 aliphatic heterocycles. The van der Waals surface area contributed by atoms with E-state index in [1.54, 1.807) is 6.33 Å². The second kappa shape index (κ2) is 5.89. The van der Waals surface area contributed by atoms with Gasteiger partial charge in [-0.15, -0.1) is 11.3 Å². The van der Waals surface area contributed by atoms with Crippen LogP contribution in [0.5, 0.6) is 0 Å². The molecule has 1 unspecified atom stereocenters. The Hall–Kier alpha value is -1.26. The van der Waals surface area contributed by atoms with Gasteiger partial charge in [-0.05, 0) is 25.1 Å². The first-order valence-corrected chi connectivity index (χ1v) is 6.73. The smallest absolute Gasteiger partial charge is 0.115 e. The summed E-state index contributed by atoms with van der Waals surface area (Å²) in [6.07, 6.45) is 6.42. The second-order valence-corrected chi connectivity index (χ2v) is 5.02. The van der Waals surface area contributed by atoms with Crippen LogP contribution in [0.1, 0.15) is 35.2 Å². The maximum absolute atomic E-state index is 4.09. The topological polar surface area (TPSA) is 37.8 Å². The fourth-order valence-corrected chi connectivity index (χ4v) is 2.84. The van der Waals surface area contributed by atoms with E-state index in [1.165, 1.54) is 9.75 Å². The minimum absolute atomic E-state index is 0.214. The monoisotopic (exact) mass is 247 g/mol. The number of thiophene rings is 1. The van der Waals surface area contributed by atoms with Crippen molar-refractivity contribution in [3.05, 3.63) is 46.2 Å². The number of nitrogens with zero attached hydrogens (tertiary/aromatic N) is 2. The van der Waals surface area contributed by atoms with Gasteiger partial charge in [0.1, 0.15) is 6.33 Å². The van der Waals surface area contributed by atoms with E-state index >= 15 is 0 Å². The molecule has 0 aliphatic carbocycles. The lowest BCUT2D eigenvalue weighted by Crippen LogP contribution is -2.21. The van der Waals surface area contributed by atoms with Gasteiger partial charge < -0.3 is 5.32 Å². The third-order valence-electron chi connectivity index (χ3n) is 2.64. The van der Waals surface area contributed by atoms with E-state index in [9.17, 15) is 0 Å². The lowest BCUT2D eigenvalue weighted by molar-refractivity contribution is 0.635. The van der Waals surface area contributed by atoms with Crippen LogP contribution < -0.4 is 5.32 Å². The molecule has 2 heterocycles. The number of aromatic nitrogens is 2. The average Bonchev–Trinajstić information content (AvgIpc) is 2.85. The molecule has 0 aliphatic rings. The highest BCUT2D eigenvalue weighted by atomic mass is 32.1. The van der Waals surface area contributed by atoms with Gasteiger partial charge >= 0.3 is 0 Å². The Morgan fingerprint density at radius 1 is 1.24 bits per heavy atom. The second-order valence-electron chi connectivity index (χ2n) is 3.82. The van der Waals surface area contributed by atoms with Crippen molar-refractivity contribution in [3.8, 4) is 0 Å². The van der Waals surface area contributed by atoms with Gasteiger partial charge in [-0.2, -0.15) is 0 Å². The summed E-state index contributed by atoms with van der Waals surface area (Å²) in [5.41, 5.74) is 1.12. The van der Waals surface area contributed by atoms with Crippen molar-refractivity contribution in [2.75, 3.05) is 6.54 Å². The molecule has 90 valence electrons. The van der Waals surface area contributed by atoms with Crippen LogP contribution in [0, 0.1) is 0 Å². The number of aryl methyl sites for hydroxylation is 1. The summed E-state index contributed by atoms with van der Waals surface area (Å²) in [5, 5.41) is 3.48. The highest BCUT2D eigenvalue weighted by molar-refractivity contribution is 7.12. The first-order chi connectivity index (χ1) is 8.35. The van der Waals surface area contributed by atoms with Crippen LogP contribution in [0.4, 0.5) is 0 Å². The highest BCUT2D eigenvalue weighted by Crippen LogP contribution is 2.28. The van der Waals surface area contributed by atoms with Crippen LogP contribution in [0.2, 0.25) is 0 Å². The molecule has 0 amide bonds. The molecule has 0 bridgehead atoms. The SMILES string of the molecule is CCNC(c1cncnc1)c1ccc(CC)s1. The minimum Gasteiger partial charge on any atom is -0.306 e. The van der Waals surface area contributed by atoms with Crippen molar-refractivity contribution < 1.29 is 0 Å². The lowest BCUT2D eigenvalue weighted by Gasteiger charge is -2.15. The molecule has 0 spiro atoms. The van der Waals surface area contributed by atoms with Crippen LogP contribution in [0.25, 0.3) is 0 Å². The predicted octanol–water partition coefficient (Wildman–Crippen LogP) is 2.80. The molecule has 0 saturated carbocycles. The van der Waals surface area contributed by atoms with Gasteiger partial charge in [-0.25, -0.2) is 9.97 Å². The van der Waals surface area contributed by atoms with Gasteiger partial charge in [0, 0.05) is 27.7 Å². The predicted molar refractivity (Wildman–Crippen MR) is 71.2 cm³/mol. The van der Waals surface area contributed by atoms with Crippen LogP contribution in [-0.2, 0) is 6.42 Å². The van der Waals surface area contributed by atoms with Crippen molar-refractivity contribution in [3.63, 3.8) is 0 Å². The summed E-state index contributed by atoms with van der Waals surface area (Å²) in [6, 6.07) is 4.62. The molecule has 0 fully saturated rings. The van der Waals surface area contributed by atoms with E-state index in [0.29, 0.717) is 0 Å². The van der Waals surface area contributed by atoms with Crippen LogP contribution in [0.3, 0.4) is 0 Å². The van der Waals surface area contributed by atoms with E-state index in [4.69, 9.17) is 0 Å². The van der Waals surface area contributed by atoms with Gasteiger partial charge in [0.05, 0.1) is 6.04 Å². The van der Waals surface area contributed by atoms with E-state index < -0.39 is 0 Å². The van der Waals surface area contributed by atoms with Gasteiger partial charge in [0.25, 0.3) is 0 Å². The number of hydrogen-bond donors (Lipinski definition) is 1. The maximum Gasteiger partial charge on any atom is 0.115 e. The number of hydrogen-bond acceptors (Lipinski definition) is 4. The highest BCUT2D eigenvalue weighted by Gasteiger charge is 2.15. The molecule has 4 heteroatoms. The molecule has 1 N–H and O–H groups in total. The lowest BCUT2D eigenvalue weighted by atomic mass is 10.1. The molecule has 2 rings (SSSR count). The first kappa shape index (κ1) is 12.2. The Labute approximate surface area is 106 Å². The largest absolute Gasteiger partial charge is 0.306 e. The number of rotatable bonds is 5. The molecule has 17 heavy (non-hydrogen) atoms. The Morgan fingerprint density at radius 2 is 2.00 bits per heavy atom. The summed E-state index contributed by atoms with van der Waals surface area (Å²) in [6.45, 7) is 5.23. The van der Waals surface area contributed by atoms with Gasteiger partial charge in [-0.3, -0.25) is 0 Å². The third kappa shape index (κ3) is 2.90. The van der Waals surface area contributed by atoms with Crippen molar-refractivity contribution in [1.29, 1.82) is 0 Å². The third-order valence-corrected chi connectivity index (χ3v) is 3.93. The fourth-order valence-electron chi connectivity index (χ4n) is 1.79. The Balaban J connectivity index is 2.28. The van der Waals surface area contributed by atoms with E-state index in [2.05, 4.69) is 41.3 Å². The molecular weight excluding hydrogens is 230 g/mol. The van der Waals surface area contributed by atoms with Crippen molar-refractivity contribution in [1.82, 2.24) is 15.3 Å². The summed E-state index contributed by atoms with van der Waals surface area (Å²) >= 11 is 1.86. The van der Waals surface area contributed by atoms with Gasteiger partial charge in [0.15, 0.2) is 0 Å². The molecule has 0 radical (unpaired) electrons. The summed E-state index contributed by atoms with van der Waals surface area (Å²) in [7, 11) is 0. The van der Waals surface area contributed by atoms with E-state index in [1.807, 2.05) is 23.7 Å². The zero-order valence-corrected chi connectivity index (χ0v) is 11.0. The average molecular weight is 247 g/mol. The molecule has 3 nitrogen and oxygen atoms in total. The Kier molecular flexibility index (Phi) is 4.23. The fraction of sp³-hybridized carbons (Fsp3) is 0.385. The molecule has 2 aromatic rings. The summed E-state index contributed by atoms with van der Waals surface area (Å²) in [4.78, 5) is 10.9. The maximum atomic E-state index is 4.09. The first-order valence-electron chi connectivity index (χ1n) is 5.92. The Morgan fingerprint density at radius 3 is 2.59 bits per heavy atom. The van der Waals surface area contributed by atoms with Gasteiger partial charge in [0.2, 0.25) is 0 Å². The quantitative estimate of drug-likeness (QED) is 0.883. The number of nitrogens with one attached hydrogen (secondary N) is 1. The van der Waals surface area contributed by atoms with Gasteiger partial charge in [-0.1, -0.05) is 13.8 Å². The van der Waals surface area contributed by atoms with Crippen LogP contribution >= 0.6 is 11.3 Å². The van der Waals surface area contributed by atoms with E-state index in [0.717, 1.165) is 18.5 Å². The van der Waals surface area contributed by atoms with Crippen molar-refractivity contribution in [2.24, 2.45) is 0 Å². The minimum atomic E-state index is 0.214. The zero-order chi connectivity index (χ0) is 12.1. The Bertz CT molecular complexity index is 453. The summed E-state index contributed by atoms with van der Waals surface area (Å²) in [5.74, 6) is 0. The normalized spacial score (nSPS) is 12.6. The molecule has 1 atom stereocenters. The summed E-state index contributed by atoms with van der Waals surface area (Å²) < 4.78 is 0. The van der Waals surface area contributed by atoms with Crippen LogP contribution in [-0.4, -0.2) is 16.5 Å². The molecule has 0 saturated heterocycles.